The minimum Gasteiger partial charge on any atom is -0.508 e. The molecule has 1 atom stereocenters. The molecular weight excluding hydrogens is 232 g/mol. The van der Waals surface area contributed by atoms with E-state index >= 15 is 0 Å². The molecule has 1 amide bonds. The Labute approximate surface area is 106 Å². The average molecular weight is 250 g/mol. The lowest BCUT2D eigenvalue weighted by molar-refractivity contribution is -0.121. The Hall–Kier alpha value is -1.59. The lowest BCUT2D eigenvalue weighted by Crippen LogP contribution is -2.44. The second-order valence-electron chi connectivity index (χ2n) is 4.77. The van der Waals surface area contributed by atoms with Gasteiger partial charge in [0.15, 0.2) is 0 Å². The smallest absolute Gasteiger partial charge is 0.224 e. The van der Waals surface area contributed by atoms with Crippen LogP contribution in [0.4, 0.5) is 0 Å². The van der Waals surface area contributed by atoms with Gasteiger partial charge in [0.1, 0.15) is 5.75 Å². The number of aromatic hydroxyl groups is 1. The molecule has 98 valence electrons. The van der Waals surface area contributed by atoms with Crippen LogP contribution in [-0.4, -0.2) is 41.4 Å². The largest absolute Gasteiger partial charge is 0.508 e. The van der Waals surface area contributed by atoms with E-state index in [2.05, 4.69) is 10.6 Å². The van der Waals surface area contributed by atoms with E-state index < -0.39 is 5.60 Å². The van der Waals surface area contributed by atoms with Gasteiger partial charge in [-0.15, -0.1) is 0 Å². The zero-order chi connectivity index (χ0) is 13.0. The summed E-state index contributed by atoms with van der Waals surface area (Å²) in [6, 6.07) is 6.61. The molecule has 0 bridgehead atoms. The fraction of sp³-hybridized carbons (Fsp3) is 0.462. The van der Waals surface area contributed by atoms with E-state index in [1.165, 1.54) is 0 Å². The topological polar surface area (TPSA) is 81.6 Å². The fourth-order valence-electron chi connectivity index (χ4n) is 2.06. The van der Waals surface area contributed by atoms with Crippen LogP contribution in [0, 0.1) is 0 Å². The molecule has 1 saturated heterocycles. The Morgan fingerprint density at radius 1 is 1.50 bits per heavy atom. The summed E-state index contributed by atoms with van der Waals surface area (Å²) in [6.45, 7) is 1.55. The first-order valence-corrected chi connectivity index (χ1v) is 6.05. The lowest BCUT2D eigenvalue weighted by atomic mass is 10.0. The number of hydrogen-bond donors (Lipinski definition) is 4. The molecule has 5 heteroatoms. The third-order valence-electron chi connectivity index (χ3n) is 3.11. The van der Waals surface area contributed by atoms with Crippen molar-refractivity contribution in [2.45, 2.75) is 18.4 Å². The molecule has 1 aliphatic rings. The average Bonchev–Trinajstić information content (AvgIpc) is 2.74. The van der Waals surface area contributed by atoms with E-state index in [1.807, 2.05) is 0 Å². The first kappa shape index (κ1) is 12.9. The van der Waals surface area contributed by atoms with Gasteiger partial charge in [0, 0.05) is 13.1 Å². The van der Waals surface area contributed by atoms with Crippen LogP contribution in [0.25, 0.3) is 0 Å². The number of benzene rings is 1. The summed E-state index contributed by atoms with van der Waals surface area (Å²) < 4.78 is 0. The molecule has 0 spiro atoms. The summed E-state index contributed by atoms with van der Waals surface area (Å²) in [5, 5.41) is 25.1. The maximum atomic E-state index is 11.7. The van der Waals surface area contributed by atoms with Crippen molar-refractivity contribution in [2.75, 3.05) is 19.6 Å². The van der Waals surface area contributed by atoms with Crippen molar-refractivity contribution < 1.29 is 15.0 Å². The minimum absolute atomic E-state index is 0.152. The van der Waals surface area contributed by atoms with Crippen molar-refractivity contribution in [1.29, 1.82) is 0 Å². The first-order chi connectivity index (χ1) is 8.57. The van der Waals surface area contributed by atoms with Crippen molar-refractivity contribution in [3.05, 3.63) is 29.8 Å². The van der Waals surface area contributed by atoms with Crippen molar-refractivity contribution in [3.63, 3.8) is 0 Å². The molecule has 2 rings (SSSR count). The van der Waals surface area contributed by atoms with Crippen LogP contribution in [0.1, 0.15) is 12.0 Å². The van der Waals surface area contributed by atoms with E-state index in [9.17, 15) is 15.0 Å². The van der Waals surface area contributed by atoms with Gasteiger partial charge in [-0.1, -0.05) is 12.1 Å². The highest BCUT2D eigenvalue weighted by atomic mass is 16.3. The molecule has 1 aromatic carbocycles. The summed E-state index contributed by atoms with van der Waals surface area (Å²) >= 11 is 0. The van der Waals surface area contributed by atoms with Crippen molar-refractivity contribution in [2.24, 2.45) is 0 Å². The van der Waals surface area contributed by atoms with E-state index in [0.717, 1.165) is 12.1 Å². The number of phenols is 1. The molecule has 18 heavy (non-hydrogen) atoms. The predicted octanol–water partition coefficient (Wildman–Crippen LogP) is -0.225. The van der Waals surface area contributed by atoms with Gasteiger partial charge in [0.05, 0.1) is 12.0 Å². The van der Waals surface area contributed by atoms with Gasteiger partial charge in [-0.3, -0.25) is 4.79 Å². The zero-order valence-electron chi connectivity index (χ0n) is 10.1. The highest BCUT2D eigenvalue weighted by Gasteiger charge is 2.31. The summed E-state index contributed by atoms with van der Waals surface area (Å²) in [4.78, 5) is 11.7. The lowest BCUT2D eigenvalue weighted by Gasteiger charge is -2.21. The van der Waals surface area contributed by atoms with Gasteiger partial charge in [-0.2, -0.15) is 0 Å². The van der Waals surface area contributed by atoms with Gasteiger partial charge in [0.25, 0.3) is 0 Å². The highest BCUT2D eigenvalue weighted by molar-refractivity contribution is 5.78. The summed E-state index contributed by atoms with van der Waals surface area (Å²) in [5.41, 5.74) is -0.0712. The quantitative estimate of drug-likeness (QED) is 0.595. The van der Waals surface area contributed by atoms with Crippen LogP contribution in [-0.2, 0) is 11.2 Å². The maximum Gasteiger partial charge on any atom is 0.224 e. The van der Waals surface area contributed by atoms with Crippen LogP contribution in [0.5, 0.6) is 5.75 Å². The third-order valence-corrected chi connectivity index (χ3v) is 3.11. The number of hydrogen-bond acceptors (Lipinski definition) is 4. The Morgan fingerprint density at radius 2 is 2.33 bits per heavy atom. The van der Waals surface area contributed by atoms with Crippen LogP contribution in [0.2, 0.25) is 0 Å². The highest BCUT2D eigenvalue weighted by Crippen LogP contribution is 2.13. The van der Waals surface area contributed by atoms with E-state index in [-0.39, 0.29) is 24.6 Å². The van der Waals surface area contributed by atoms with Crippen molar-refractivity contribution in [1.82, 2.24) is 10.6 Å². The number of carbonyl (C=O) groups is 1. The third kappa shape index (κ3) is 3.45. The molecule has 4 N–H and O–H groups in total. The number of nitrogens with one attached hydrogen (secondary N) is 2. The molecule has 0 radical (unpaired) electrons. The molecular formula is C13H18N2O3. The molecule has 1 heterocycles. The first-order valence-electron chi connectivity index (χ1n) is 6.05. The molecule has 5 nitrogen and oxygen atoms in total. The molecule has 1 fully saturated rings. The molecule has 1 unspecified atom stereocenters. The number of carbonyl (C=O) groups excluding carboxylic acids is 1. The molecule has 0 aliphatic carbocycles. The van der Waals surface area contributed by atoms with Crippen molar-refractivity contribution in [3.8, 4) is 5.75 Å². The van der Waals surface area contributed by atoms with Crippen LogP contribution >= 0.6 is 0 Å². The van der Waals surface area contributed by atoms with E-state index in [1.54, 1.807) is 24.3 Å². The van der Waals surface area contributed by atoms with Gasteiger partial charge in [0.2, 0.25) is 5.91 Å². The normalized spacial score (nSPS) is 22.9. The Morgan fingerprint density at radius 3 is 3.00 bits per heavy atom. The van der Waals surface area contributed by atoms with E-state index in [4.69, 9.17) is 0 Å². The number of aliphatic hydroxyl groups is 1. The number of β-amino-alcohol motifs (C(OH)–C–C–N with tert-alkyl or cyclic N) is 1. The van der Waals surface area contributed by atoms with Crippen molar-refractivity contribution >= 4 is 5.91 Å². The van der Waals surface area contributed by atoms with Crippen LogP contribution in [0.15, 0.2) is 24.3 Å². The fourth-order valence-corrected chi connectivity index (χ4v) is 2.06. The molecule has 0 saturated carbocycles. The number of rotatable bonds is 4. The minimum atomic E-state index is -0.825. The van der Waals surface area contributed by atoms with Gasteiger partial charge in [-0.05, 0) is 30.7 Å². The second kappa shape index (κ2) is 5.37. The monoisotopic (exact) mass is 250 g/mol. The van der Waals surface area contributed by atoms with Gasteiger partial charge in [-0.25, -0.2) is 0 Å². The van der Waals surface area contributed by atoms with Crippen LogP contribution < -0.4 is 10.6 Å². The Bertz CT molecular complexity index is 428. The Kier molecular flexibility index (Phi) is 3.84. The molecule has 0 aromatic heterocycles. The molecule has 1 aliphatic heterocycles. The van der Waals surface area contributed by atoms with Crippen LogP contribution in [0.3, 0.4) is 0 Å². The summed E-state index contributed by atoms with van der Waals surface area (Å²) in [5.74, 6) is -0.000142. The molecule has 1 aromatic rings. The second-order valence-corrected chi connectivity index (χ2v) is 4.77. The van der Waals surface area contributed by atoms with Gasteiger partial charge >= 0.3 is 0 Å². The zero-order valence-corrected chi connectivity index (χ0v) is 10.1. The SMILES string of the molecule is O=C(Cc1cccc(O)c1)NCC1(O)CCNC1. The number of phenolic OH excluding ortho intramolecular Hbond substituents is 1. The maximum absolute atomic E-state index is 11.7. The summed E-state index contributed by atoms with van der Waals surface area (Å²) in [6.07, 6.45) is 0.858. The number of amides is 1. The predicted molar refractivity (Wildman–Crippen MR) is 67.3 cm³/mol. The standard InChI is InChI=1S/C13H18N2O3/c16-11-3-1-2-10(6-11)7-12(17)15-9-13(18)4-5-14-8-13/h1-3,6,14,16,18H,4-5,7-9H2,(H,15,17). The van der Waals surface area contributed by atoms with Gasteiger partial charge < -0.3 is 20.8 Å². The van der Waals surface area contributed by atoms with E-state index in [0.29, 0.717) is 13.0 Å². The summed E-state index contributed by atoms with van der Waals surface area (Å²) in [7, 11) is 0. The Balaban J connectivity index is 1.82.